The molecule has 0 amide bonds. The van der Waals surface area contributed by atoms with Crippen LogP contribution in [0, 0.1) is 11.3 Å². The molecule has 0 aliphatic carbocycles. The molecule has 20 heavy (non-hydrogen) atoms. The summed E-state index contributed by atoms with van der Waals surface area (Å²) in [6, 6.07) is 11.2. The maximum Gasteiger partial charge on any atom is 0.167 e. The molecule has 1 aliphatic rings. The Morgan fingerprint density at radius 1 is 1.20 bits per heavy atom. The zero-order valence-electron chi connectivity index (χ0n) is 10.7. The number of hydrogen-bond donors (Lipinski definition) is 0. The Morgan fingerprint density at radius 2 is 2.15 bits per heavy atom. The standard InChI is InChI=1S/C16H11N3O/c17-10-12-4-3-6-13(8-12)16-9-15(19-20-16)14-5-1-2-7-18-11-14/h1-9H,11H2. The van der Waals surface area contributed by atoms with Gasteiger partial charge in [0.25, 0.3) is 0 Å². The van der Waals surface area contributed by atoms with Crippen LogP contribution in [0.15, 0.2) is 58.1 Å². The second-order valence-corrected chi connectivity index (χ2v) is 4.34. The van der Waals surface area contributed by atoms with Gasteiger partial charge in [0.05, 0.1) is 18.2 Å². The van der Waals surface area contributed by atoms with Crippen LogP contribution in [-0.4, -0.2) is 17.9 Å². The van der Waals surface area contributed by atoms with Gasteiger partial charge in [-0.3, -0.25) is 4.99 Å². The lowest BCUT2D eigenvalue weighted by Gasteiger charge is -1.96. The highest BCUT2D eigenvalue weighted by Gasteiger charge is 2.11. The molecule has 0 saturated heterocycles. The van der Waals surface area contributed by atoms with Crippen molar-refractivity contribution in [2.24, 2.45) is 4.99 Å². The van der Waals surface area contributed by atoms with Crippen LogP contribution in [0.2, 0.25) is 0 Å². The molecule has 96 valence electrons. The molecule has 3 rings (SSSR count). The Morgan fingerprint density at radius 3 is 3.05 bits per heavy atom. The molecule has 0 bridgehead atoms. The Bertz CT molecular complexity index is 760. The van der Waals surface area contributed by atoms with Gasteiger partial charge < -0.3 is 4.52 Å². The van der Waals surface area contributed by atoms with Crippen LogP contribution < -0.4 is 0 Å². The van der Waals surface area contributed by atoms with E-state index in [1.54, 1.807) is 18.3 Å². The lowest BCUT2D eigenvalue weighted by molar-refractivity contribution is 0.430. The fourth-order valence-corrected chi connectivity index (χ4v) is 1.96. The van der Waals surface area contributed by atoms with E-state index in [4.69, 9.17) is 9.78 Å². The lowest BCUT2D eigenvalue weighted by atomic mass is 10.1. The fourth-order valence-electron chi connectivity index (χ4n) is 1.96. The number of nitrogens with zero attached hydrogens (tertiary/aromatic N) is 3. The zero-order valence-corrected chi connectivity index (χ0v) is 10.7. The molecule has 1 aromatic carbocycles. The van der Waals surface area contributed by atoms with Crippen molar-refractivity contribution in [2.75, 3.05) is 6.54 Å². The van der Waals surface area contributed by atoms with E-state index < -0.39 is 0 Å². The minimum absolute atomic E-state index is 0.581. The van der Waals surface area contributed by atoms with Gasteiger partial charge in [0.2, 0.25) is 0 Å². The molecule has 2 aromatic rings. The normalized spacial score (nSPS) is 13.7. The van der Waals surface area contributed by atoms with E-state index in [0.717, 1.165) is 16.8 Å². The van der Waals surface area contributed by atoms with E-state index in [9.17, 15) is 0 Å². The predicted molar refractivity (Wildman–Crippen MR) is 77.1 cm³/mol. The Hall–Kier alpha value is -2.93. The summed E-state index contributed by atoms with van der Waals surface area (Å²) in [5.74, 6) is 0.648. The van der Waals surface area contributed by atoms with Gasteiger partial charge in [0.15, 0.2) is 5.76 Å². The van der Waals surface area contributed by atoms with Gasteiger partial charge in [0, 0.05) is 23.4 Å². The van der Waals surface area contributed by atoms with Crippen LogP contribution in [0.25, 0.3) is 16.9 Å². The number of benzene rings is 1. The van der Waals surface area contributed by atoms with E-state index in [1.807, 2.05) is 36.4 Å². The molecular formula is C16H11N3O. The van der Waals surface area contributed by atoms with Crippen molar-refractivity contribution in [3.63, 3.8) is 0 Å². The summed E-state index contributed by atoms with van der Waals surface area (Å²) in [4.78, 5) is 4.23. The number of nitriles is 1. The van der Waals surface area contributed by atoms with E-state index >= 15 is 0 Å². The van der Waals surface area contributed by atoms with Gasteiger partial charge in [-0.05, 0) is 18.2 Å². The third kappa shape index (κ3) is 2.43. The highest BCUT2D eigenvalue weighted by atomic mass is 16.5. The first-order chi connectivity index (χ1) is 9.86. The molecule has 0 fully saturated rings. The first-order valence-corrected chi connectivity index (χ1v) is 6.20. The molecule has 0 unspecified atom stereocenters. The van der Waals surface area contributed by atoms with Gasteiger partial charge >= 0.3 is 0 Å². The molecular weight excluding hydrogens is 250 g/mol. The van der Waals surface area contributed by atoms with Crippen molar-refractivity contribution < 1.29 is 4.52 Å². The lowest BCUT2D eigenvalue weighted by Crippen LogP contribution is -1.87. The van der Waals surface area contributed by atoms with Crippen LogP contribution in [0.3, 0.4) is 0 Å². The second kappa shape index (κ2) is 5.37. The maximum absolute atomic E-state index is 8.92. The highest BCUT2D eigenvalue weighted by molar-refractivity contribution is 5.78. The summed E-state index contributed by atoms with van der Waals surface area (Å²) in [5.41, 5.74) is 3.21. The topological polar surface area (TPSA) is 62.2 Å². The third-order valence-corrected chi connectivity index (χ3v) is 2.98. The van der Waals surface area contributed by atoms with Crippen LogP contribution in [-0.2, 0) is 0 Å². The van der Waals surface area contributed by atoms with Crippen LogP contribution in [0.4, 0.5) is 0 Å². The molecule has 1 aliphatic heterocycles. The molecule has 4 heteroatoms. The van der Waals surface area contributed by atoms with Crippen molar-refractivity contribution in [3.8, 4) is 17.4 Å². The molecule has 0 spiro atoms. The van der Waals surface area contributed by atoms with Gasteiger partial charge in [0.1, 0.15) is 5.69 Å². The smallest absolute Gasteiger partial charge is 0.167 e. The molecule has 4 nitrogen and oxygen atoms in total. The number of allylic oxidation sites excluding steroid dienone is 3. The molecule has 1 aromatic heterocycles. The Balaban J connectivity index is 1.94. The van der Waals surface area contributed by atoms with Gasteiger partial charge in [-0.25, -0.2) is 0 Å². The average Bonchev–Trinajstić information content (AvgIpc) is 2.83. The summed E-state index contributed by atoms with van der Waals surface area (Å²) in [5, 5.41) is 13.0. The summed E-state index contributed by atoms with van der Waals surface area (Å²) < 4.78 is 5.37. The molecule has 0 atom stereocenters. The molecule has 0 radical (unpaired) electrons. The van der Waals surface area contributed by atoms with Crippen molar-refractivity contribution in [2.45, 2.75) is 0 Å². The van der Waals surface area contributed by atoms with Crippen molar-refractivity contribution in [3.05, 3.63) is 59.8 Å². The molecule has 0 saturated carbocycles. The number of aliphatic imine (C=N–C) groups is 1. The van der Waals surface area contributed by atoms with Crippen molar-refractivity contribution in [1.29, 1.82) is 5.26 Å². The van der Waals surface area contributed by atoms with E-state index in [2.05, 4.69) is 16.2 Å². The van der Waals surface area contributed by atoms with Crippen molar-refractivity contribution >= 4 is 11.8 Å². The first-order valence-electron chi connectivity index (χ1n) is 6.20. The van der Waals surface area contributed by atoms with E-state index in [-0.39, 0.29) is 0 Å². The minimum Gasteiger partial charge on any atom is -0.356 e. The summed E-state index contributed by atoms with van der Waals surface area (Å²) >= 11 is 0. The summed E-state index contributed by atoms with van der Waals surface area (Å²) in [6.07, 6.45) is 7.54. The van der Waals surface area contributed by atoms with E-state index in [0.29, 0.717) is 17.9 Å². The monoisotopic (exact) mass is 261 g/mol. The zero-order chi connectivity index (χ0) is 13.8. The molecule has 2 heterocycles. The third-order valence-electron chi connectivity index (χ3n) is 2.98. The second-order valence-electron chi connectivity index (χ2n) is 4.34. The van der Waals surface area contributed by atoms with Crippen LogP contribution >= 0.6 is 0 Å². The predicted octanol–water partition coefficient (Wildman–Crippen LogP) is 3.24. The van der Waals surface area contributed by atoms with Gasteiger partial charge in [-0.2, -0.15) is 5.26 Å². The average molecular weight is 261 g/mol. The van der Waals surface area contributed by atoms with E-state index in [1.165, 1.54) is 0 Å². The SMILES string of the molecule is N#Cc1cccc(-c2cc(C3=CC=CC=NC3)no2)c1. The van der Waals surface area contributed by atoms with Gasteiger partial charge in [-0.15, -0.1) is 0 Å². The highest BCUT2D eigenvalue weighted by Crippen LogP contribution is 2.24. The fraction of sp³-hybridized carbons (Fsp3) is 0.0625. The van der Waals surface area contributed by atoms with Gasteiger partial charge in [-0.1, -0.05) is 29.4 Å². The largest absolute Gasteiger partial charge is 0.356 e. The quantitative estimate of drug-likeness (QED) is 0.833. The van der Waals surface area contributed by atoms with Crippen LogP contribution in [0.1, 0.15) is 11.3 Å². The van der Waals surface area contributed by atoms with Crippen molar-refractivity contribution in [1.82, 2.24) is 5.16 Å². The summed E-state index contributed by atoms with van der Waals surface area (Å²) in [6.45, 7) is 0.581. The maximum atomic E-state index is 8.92. The Kier molecular flexibility index (Phi) is 3.25. The molecule has 0 N–H and O–H groups in total. The Labute approximate surface area is 116 Å². The van der Waals surface area contributed by atoms with Crippen LogP contribution in [0.5, 0.6) is 0 Å². The first kappa shape index (κ1) is 12.1. The summed E-state index contributed by atoms with van der Waals surface area (Å²) in [7, 11) is 0. The number of aromatic nitrogens is 1. The minimum atomic E-state index is 0.581. The number of rotatable bonds is 2. The number of hydrogen-bond acceptors (Lipinski definition) is 4.